The van der Waals surface area contributed by atoms with Crippen LogP contribution in [0, 0.1) is 0 Å². The number of aliphatic hydroxyl groups is 1. The molecule has 0 amide bonds. The van der Waals surface area contributed by atoms with E-state index in [1.54, 1.807) is 19.1 Å². The molecule has 1 unspecified atom stereocenters. The molecule has 0 aliphatic heterocycles. The van der Waals surface area contributed by atoms with Gasteiger partial charge in [-0.3, -0.25) is 0 Å². The predicted octanol–water partition coefficient (Wildman–Crippen LogP) is 1.71. The normalized spacial score (nSPS) is 12.2. The van der Waals surface area contributed by atoms with E-state index in [1.165, 1.54) is 17.8 Å². The topological polar surface area (TPSA) is 66.8 Å². The van der Waals surface area contributed by atoms with Crippen LogP contribution in [0.4, 0.5) is 0 Å². The van der Waals surface area contributed by atoms with E-state index in [0.29, 0.717) is 10.5 Å². The molecule has 0 fully saturated rings. The molecule has 16 heavy (non-hydrogen) atoms. The highest BCUT2D eigenvalue weighted by atomic mass is 32.2. The Balaban J connectivity index is 2.88. The van der Waals surface area contributed by atoms with Gasteiger partial charge in [0.15, 0.2) is 6.10 Å². The number of carbonyl (C=O) groups is 1. The molecule has 0 aliphatic carbocycles. The van der Waals surface area contributed by atoms with Gasteiger partial charge in [0.2, 0.25) is 0 Å². The molecule has 0 bridgehead atoms. The molecule has 1 aromatic rings. The summed E-state index contributed by atoms with van der Waals surface area (Å²) >= 11 is 1.39. The van der Waals surface area contributed by atoms with Crippen LogP contribution in [0.25, 0.3) is 0 Å². The largest absolute Gasteiger partial charge is 0.507 e. The number of hydrogen-bond donors (Lipinski definition) is 2. The van der Waals surface area contributed by atoms with Gasteiger partial charge in [0.1, 0.15) is 5.75 Å². The minimum atomic E-state index is -1.35. The lowest BCUT2D eigenvalue weighted by molar-refractivity contribution is -0.153. The summed E-state index contributed by atoms with van der Waals surface area (Å²) in [5.74, 6) is -0.660. The SMILES string of the molecule is CCOC(=O)C(O)c1ccc(SC)c(O)c1. The number of thioether (sulfide) groups is 1. The maximum Gasteiger partial charge on any atom is 0.339 e. The molecule has 0 saturated heterocycles. The van der Waals surface area contributed by atoms with E-state index in [1.807, 2.05) is 6.26 Å². The molecule has 1 rings (SSSR count). The van der Waals surface area contributed by atoms with Crippen molar-refractivity contribution in [3.05, 3.63) is 23.8 Å². The van der Waals surface area contributed by atoms with Crippen molar-refractivity contribution in [1.82, 2.24) is 0 Å². The predicted molar refractivity (Wildman–Crippen MR) is 61.5 cm³/mol. The number of esters is 1. The maximum absolute atomic E-state index is 11.3. The first-order chi connectivity index (χ1) is 7.60. The van der Waals surface area contributed by atoms with Crippen molar-refractivity contribution in [2.45, 2.75) is 17.9 Å². The summed E-state index contributed by atoms with van der Waals surface area (Å²) in [5, 5.41) is 19.2. The number of phenolic OH excluding ortho intramolecular Hbond substituents is 1. The number of ether oxygens (including phenoxy) is 1. The van der Waals surface area contributed by atoms with Gasteiger partial charge in [0.05, 0.1) is 6.61 Å². The molecular formula is C11H14O4S. The molecule has 0 aromatic heterocycles. The van der Waals surface area contributed by atoms with Gasteiger partial charge >= 0.3 is 5.97 Å². The molecule has 5 heteroatoms. The summed E-state index contributed by atoms with van der Waals surface area (Å²) in [6.07, 6.45) is 0.484. The van der Waals surface area contributed by atoms with Gasteiger partial charge in [-0.15, -0.1) is 11.8 Å². The number of carbonyl (C=O) groups excluding carboxylic acids is 1. The van der Waals surface area contributed by atoms with Crippen LogP contribution < -0.4 is 0 Å². The fraction of sp³-hybridized carbons (Fsp3) is 0.364. The molecule has 4 nitrogen and oxygen atoms in total. The Labute approximate surface area is 98.2 Å². The molecule has 0 radical (unpaired) electrons. The summed E-state index contributed by atoms with van der Waals surface area (Å²) in [6, 6.07) is 4.61. The lowest BCUT2D eigenvalue weighted by Gasteiger charge is -2.11. The zero-order valence-electron chi connectivity index (χ0n) is 9.14. The van der Waals surface area contributed by atoms with Crippen molar-refractivity contribution < 1.29 is 19.7 Å². The van der Waals surface area contributed by atoms with Gasteiger partial charge < -0.3 is 14.9 Å². The number of phenols is 1. The molecular weight excluding hydrogens is 228 g/mol. The van der Waals surface area contributed by atoms with Crippen molar-refractivity contribution in [1.29, 1.82) is 0 Å². The third-order valence-electron chi connectivity index (χ3n) is 2.03. The summed E-state index contributed by atoms with van der Waals surface area (Å²) < 4.78 is 4.68. The maximum atomic E-state index is 11.3. The average molecular weight is 242 g/mol. The van der Waals surface area contributed by atoms with Crippen molar-refractivity contribution in [2.75, 3.05) is 12.9 Å². The second-order valence-electron chi connectivity index (χ2n) is 3.09. The van der Waals surface area contributed by atoms with Gasteiger partial charge in [-0.1, -0.05) is 6.07 Å². The highest BCUT2D eigenvalue weighted by Gasteiger charge is 2.19. The summed E-state index contributed by atoms with van der Waals surface area (Å²) in [6.45, 7) is 1.88. The Kier molecular flexibility index (Phi) is 4.64. The molecule has 0 saturated carbocycles. The van der Waals surface area contributed by atoms with E-state index in [-0.39, 0.29) is 12.4 Å². The summed E-state index contributed by atoms with van der Waals surface area (Å²) in [7, 11) is 0. The average Bonchev–Trinajstić information content (AvgIpc) is 2.28. The first kappa shape index (κ1) is 12.9. The van der Waals surface area contributed by atoms with Gasteiger partial charge in [-0.25, -0.2) is 4.79 Å². The van der Waals surface area contributed by atoms with E-state index >= 15 is 0 Å². The number of hydrogen-bond acceptors (Lipinski definition) is 5. The smallest absolute Gasteiger partial charge is 0.339 e. The number of aromatic hydroxyl groups is 1. The van der Waals surface area contributed by atoms with E-state index in [9.17, 15) is 15.0 Å². The number of aliphatic hydroxyl groups excluding tert-OH is 1. The van der Waals surface area contributed by atoms with E-state index in [2.05, 4.69) is 4.74 Å². The van der Waals surface area contributed by atoms with Crippen molar-refractivity contribution in [3.63, 3.8) is 0 Å². The first-order valence-corrected chi connectivity index (χ1v) is 6.04. The Bertz CT molecular complexity index is 378. The van der Waals surface area contributed by atoms with Crippen LogP contribution >= 0.6 is 11.8 Å². The third-order valence-corrected chi connectivity index (χ3v) is 2.81. The van der Waals surface area contributed by atoms with Crippen LogP contribution in [0.15, 0.2) is 23.1 Å². The van der Waals surface area contributed by atoms with Crippen LogP contribution in [0.3, 0.4) is 0 Å². The lowest BCUT2D eigenvalue weighted by atomic mass is 10.1. The zero-order chi connectivity index (χ0) is 12.1. The molecule has 2 N–H and O–H groups in total. The van der Waals surface area contributed by atoms with Crippen LogP contribution in [0.5, 0.6) is 5.75 Å². The van der Waals surface area contributed by atoms with Crippen LogP contribution in [-0.2, 0) is 9.53 Å². The summed E-state index contributed by atoms with van der Waals surface area (Å²) in [4.78, 5) is 11.9. The second-order valence-corrected chi connectivity index (χ2v) is 3.93. The molecule has 88 valence electrons. The fourth-order valence-electron chi connectivity index (χ4n) is 1.23. The zero-order valence-corrected chi connectivity index (χ0v) is 9.95. The van der Waals surface area contributed by atoms with E-state index in [4.69, 9.17) is 0 Å². The van der Waals surface area contributed by atoms with Gasteiger partial charge in [-0.05, 0) is 30.9 Å². The Hall–Kier alpha value is -1.20. The third kappa shape index (κ3) is 2.90. The molecule has 1 aromatic carbocycles. The molecule has 0 aliphatic rings. The number of rotatable bonds is 4. The van der Waals surface area contributed by atoms with E-state index < -0.39 is 12.1 Å². The van der Waals surface area contributed by atoms with Crippen LogP contribution in [-0.4, -0.2) is 29.0 Å². The summed E-state index contributed by atoms with van der Waals surface area (Å²) in [5.41, 5.74) is 0.328. The van der Waals surface area contributed by atoms with Crippen molar-refractivity contribution in [2.24, 2.45) is 0 Å². The minimum absolute atomic E-state index is 0.0494. The van der Waals surface area contributed by atoms with Crippen LogP contribution in [0.2, 0.25) is 0 Å². The number of benzene rings is 1. The standard InChI is InChI=1S/C11H14O4S/c1-3-15-11(14)10(13)7-4-5-9(16-2)8(12)6-7/h4-6,10,12-13H,3H2,1-2H3. The molecule has 0 spiro atoms. The second kappa shape index (κ2) is 5.77. The molecule has 0 heterocycles. The van der Waals surface area contributed by atoms with Crippen molar-refractivity contribution in [3.8, 4) is 5.75 Å². The Morgan fingerprint density at radius 1 is 1.56 bits per heavy atom. The minimum Gasteiger partial charge on any atom is -0.507 e. The Morgan fingerprint density at radius 2 is 2.25 bits per heavy atom. The van der Waals surface area contributed by atoms with Gasteiger partial charge in [-0.2, -0.15) is 0 Å². The highest BCUT2D eigenvalue weighted by molar-refractivity contribution is 7.98. The first-order valence-electron chi connectivity index (χ1n) is 4.81. The van der Waals surface area contributed by atoms with Crippen LogP contribution in [0.1, 0.15) is 18.6 Å². The van der Waals surface area contributed by atoms with Gasteiger partial charge in [0, 0.05) is 4.90 Å². The quantitative estimate of drug-likeness (QED) is 0.621. The van der Waals surface area contributed by atoms with Crippen molar-refractivity contribution >= 4 is 17.7 Å². The lowest BCUT2D eigenvalue weighted by Crippen LogP contribution is -2.15. The fourth-order valence-corrected chi connectivity index (χ4v) is 1.71. The Morgan fingerprint density at radius 3 is 2.75 bits per heavy atom. The molecule has 1 atom stereocenters. The van der Waals surface area contributed by atoms with Gasteiger partial charge in [0.25, 0.3) is 0 Å². The van der Waals surface area contributed by atoms with E-state index in [0.717, 1.165) is 0 Å². The monoisotopic (exact) mass is 242 g/mol. The highest BCUT2D eigenvalue weighted by Crippen LogP contribution is 2.29.